The van der Waals surface area contributed by atoms with Crippen molar-refractivity contribution in [1.29, 1.82) is 0 Å². The molecule has 1 aromatic heterocycles. The zero-order valence-corrected chi connectivity index (χ0v) is 12.8. The van der Waals surface area contributed by atoms with Crippen LogP contribution in [-0.2, 0) is 0 Å². The summed E-state index contributed by atoms with van der Waals surface area (Å²) in [7, 11) is 1.67. The summed E-state index contributed by atoms with van der Waals surface area (Å²) in [6, 6.07) is 20.5. The molecule has 0 bridgehead atoms. The van der Waals surface area contributed by atoms with Crippen LogP contribution in [0.2, 0.25) is 5.02 Å². The highest BCUT2D eigenvalue weighted by Crippen LogP contribution is 2.36. The molecule has 0 aliphatic carbocycles. The molecule has 0 saturated heterocycles. The van der Waals surface area contributed by atoms with Crippen LogP contribution in [0.25, 0.3) is 32.9 Å². The number of H-pyrrole nitrogens is 1. The van der Waals surface area contributed by atoms with Crippen LogP contribution in [-0.4, -0.2) is 12.1 Å². The molecule has 0 amide bonds. The van der Waals surface area contributed by atoms with Gasteiger partial charge in [0.15, 0.2) is 0 Å². The predicted octanol–water partition coefficient (Wildman–Crippen LogP) is 5.65. The summed E-state index contributed by atoms with van der Waals surface area (Å²) in [5.41, 5.74) is 4.27. The predicted molar refractivity (Wildman–Crippen MR) is 92.8 cm³/mol. The molecule has 1 heterocycles. The normalized spacial score (nSPS) is 11.2. The van der Waals surface area contributed by atoms with E-state index in [9.17, 15) is 0 Å². The molecule has 2 nitrogen and oxygen atoms in total. The molecule has 22 heavy (non-hydrogen) atoms. The summed E-state index contributed by atoms with van der Waals surface area (Å²) >= 11 is 6.49. The average molecular weight is 308 g/mol. The molecule has 0 spiro atoms. The maximum atomic E-state index is 6.49. The van der Waals surface area contributed by atoms with Crippen LogP contribution in [0.1, 0.15) is 0 Å². The lowest BCUT2D eigenvalue weighted by molar-refractivity contribution is 0.415. The average Bonchev–Trinajstić information content (AvgIpc) is 2.94. The number of ether oxygens (including phenoxy) is 1. The van der Waals surface area contributed by atoms with Crippen molar-refractivity contribution in [2.45, 2.75) is 0 Å². The van der Waals surface area contributed by atoms with Gasteiger partial charge in [0, 0.05) is 16.8 Å². The Kier molecular flexibility index (Phi) is 3.05. The zero-order chi connectivity index (χ0) is 15.1. The minimum atomic E-state index is 0.728. The van der Waals surface area contributed by atoms with Gasteiger partial charge >= 0.3 is 0 Å². The Hall–Kier alpha value is -2.45. The van der Waals surface area contributed by atoms with E-state index in [4.69, 9.17) is 16.3 Å². The van der Waals surface area contributed by atoms with Crippen molar-refractivity contribution in [3.05, 3.63) is 65.7 Å². The first kappa shape index (κ1) is 13.2. The summed E-state index contributed by atoms with van der Waals surface area (Å²) in [4.78, 5) is 3.39. The van der Waals surface area contributed by atoms with Gasteiger partial charge in [-0.3, -0.25) is 0 Å². The molecule has 108 valence electrons. The van der Waals surface area contributed by atoms with E-state index in [1.165, 1.54) is 0 Å². The summed E-state index contributed by atoms with van der Waals surface area (Å²) in [5.74, 6) is 0.832. The van der Waals surface area contributed by atoms with Crippen molar-refractivity contribution in [3.63, 3.8) is 0 Å². The van der Waals surface area contributed by atoms with Gasteiger partial charge in [-0.05, 0) is 35.4 Å². The molecule has 4 rings (SSSR count). The summed E-state index contributed by atoms with van der Waals surface area (Å²) < 4.78 is 5.29. The van der Waals surface area contributed by atoms with Gasteiger partial charge in [-0.1, -0.05) is 41.9 Å². The number of hydrogen-bond donors (Lipinski definition) is 1. The van der Waals surface area contributed by atoms with E-state index in [0.29, 0.717) is 0 Å². The number of rotatable bonds is 2. The Bertz CT molecular complexity index is 973. The molecule has 0 saturated carbocycles. The van der Waals surface area contributed by atoms with Gasteiger partial charge in [0.05, 0.1) is 23.2 Å². The van der Waals surface area contributed by atoms with Crippen LogP contribution in [0.5, 0.6) is 5.75 Å². The Morgan fingerprint density at radius 3 is 2.45 bits per heavy atom. The first-order valence-corrected chi connectivity index (χ1v) is 7.48. The van der Waals surface area contributed by atoms with Crippen molar-refractivity contribution in [3.8, 4) is 16.9 Å². The molecule has 0 radical (unpaired) electrons. The number of aromatic nitrogens is 1. The molecule has 3 aromatic carbocycles. The largest absolute Gasteiger partial charge is 0.497 e. The minimum Gasteiger partial charge on any atom is -0.497 e. The highest BCUT2D eigenvalue weighted by Gasteiger charge is 2.10. The molecule has 0 atom stereocenters. The fourth-order valence-corrected chi connectivity index (χ4v) is 3.13. The summed E-state index contributed by atoms with van der Waals surface area (Å²) in [6.45, 7) is 0. The van der Waals surface area contributed by atoms with Crippen molar-refractivity contribution in [2.75, 3.05) is 7.11 Å². The maximum absolute atomic E-state index is 6.49. The molecule has 4 aromatic rings. The van der Waals surface area contributed by atoms with E-state index in [0.717, 1.165) is 43.7 Å². The maximum Gasteiger partial charge on any atom is 0.120 e. The van der Waals surface area contributed by atoms with Gasteiger partial charge in [0.1, 0.15) is 5.75 Å². The quantitative estimate of drug-likeness (QED) is 0.508. The van der Waals surface area contributed by atoms with E-state index < -0.39 is 0 Å². The van der Waals surface area contributed by atoms with Gasteiger partial charge in [0.2, 0.25) is 0 Å². The van der Waals surface area contributed by atoms with E-state index in [1.54, 1.807) is 7.11 Å². The number of aromatic amines is 1. The lowest BCUT2D eigenvalue weighted by Gasteiger charge is -2.04. The van der Waals surface area contributed by atoms with E-state index in [1.807, 2.05) is 36.4 Å². The van der Waals surface area contributed by atoms with E-state index >= 15 is 0 Å². The molecule has 0 aliphatic heterocycles. The molecular weight excluding hydrogens is 294 g/mol. The van der Waals surface area contributed by atoms with Crippen molar-refractivity contribution in [1.82, 2.24) is 4.98 Å². The third kappa shape index (κ3) is 2.04. The number of methoxy groups -OCH3 is 1. The van der Waals surface area contributed by atoms with Crippen molar-refractivity contribution < 1.29 is 4.74 Å². The van der Waals surface area contributed by atoms with E-state index in [2.05, 4.69) is 29.2 Å². The SMILES string of the molecule is COc1ccc2c(c1)[nH]c1c(Cl)cc(-c3ccccc3)cc12. The summed E-state index contributed by atoms with van der Waals surface area (Å²) in [6.07, 6.45) is 0. The smallest absolute Gasteiger partial charge is 0.120 e. The van der Waals surface area contributed by atoms with Crippen LogP contribution in [0, 0.1) is 0 Å². The topological polar surface area (TPSA) is 25.0 Å². The summed E-state index contributed by atoms with van der Waals surface area (Å²) in [5, 5.41) is 3.01. The van der Waals surface area contributed by atoms with Gasteiger partial charge in [-0.25, -0.2) is 0 Å². The van der Waals surface area contributed by atoms with Gasteiger partial charge in [0.25, 0.3) is 0 Å². The van der Waals surface area contributed by atoms with Crippen LogP contribution >= 0.6 is 11.6 Å². The third-order valence-electron chi connectivity index (χ3n) is 3.97. The van der Waals surface area contributed by atoms with Crippen LogP contribution in [0.15, 0.2) is 60.7 Å². The molecule has 1 N–H and O–H groups in total. The second-order valence-corrected chi connectivity index (χ2v) is 5.69. The number of hydrogen-bond acceptors (Lipinski definition) is 1. The van der Waals surface area contributed by atoms with Crippen LogP contribution < -0.4 is 4.74 Å². The molecule has 0 aliphatic rings. The molecule has 0 unspecified atom stereocenters. The number of halogens is 1. The Labute approximate surface area is 133 Å². The second kappa shape index (κ2) is 5.08. The standard InChI is InChI=1S/C19H14ClNO/c1-22-14-7-8-15-16-9-13(12-5-3-2-4-6-12)10-17(20)19(16)21-18(15)11-14/h2-11,21H,1H3. The first-order chi connectivity index (χ1) is 10.8. The lowest BCUT2D eigenvalue weighted by atomic mass is 10.0. The number of benzene rings is 3. The minimum absolute atomic E-state index is 0.728. The van der Waals surface area contributed by atoms with Crippen molar-refractivity contribution in [2.24, 2.45) is 0 Å². The Morgan fingerprint density at radius 1 is 0.864 bits per heavy atom. The third-order valence-corrected chi connectivity index (χ3v) is 4.27. The fraction of sp³-hybridized carbons (Fsp3) is 0.0526. The number of fused-ring (bicyclic) bond motifs is 3. The van der Waals surface area contributed by atoms with Crippen LogP contribution in [0.3, 0.4) is 0 Å². The van der Waals surface area contributed by atoms with E-state index in [-0.39, 0.29) is 0 Å². The zero-order valence-electron chi connectivity index (χ0n) is 12.1. The monoisotopic (exact) mass is 307 g/mol. The van der Waals surface area contributed by atoms with Crippen LogP contribution in [0.4, 0.5) is 0 Å². The number of nitrogens with one attached hydrogen (secondary N) is 1. The van der Waals surface area contributed by atoms with Gasteiger partial charge in [-0.2, -0.15) is 0 Å². The highest BCUT2D eigenvalue weighted by molar-refractivity contribution is 6.36. The van der Waals surface area contributed by atoms with Gasteiger partial charge in [-0.15, -0.1) is 0 Å². The Morgan fingerprint density at radius 2 is 1.68 bits per heavy atom. The van der Waals surface area contributed by atoms with Crippen molar-refractivity contribution >= 4 is 33.4 Å². The lowest BCUT2D eigenvalue weighted by Crippen LogP contribution is -1.80. The highest BCUT2D eigenvalue weighted by atomic mass is 35.5. The molecular formula is C19H14ClNO. The molecule has 0 fully saturated rings. The first-order valence-electron chi connectivity index (χ1n) is 7.10. The second-order valence-electron chi connectivity index (χ2n) is 5.28. The fourth-order valence-electron chi connectivity index (χ4n) is 2.87. The molecule has 3 heteroatoms. The Balaban J connectivity index is 2.02. The van der Waals surface area contributed by atoms with Gasteiger partial charge < -0.3 is 9.72 Å².